The number of rotatable bonds is 6. The van der Waals surface area contributed by atoms with Crippen molar-refractivity contribution in [2.45, 2.75) is 19.9 Å². The van der Waals surface area contributed by atoms with Crippen molar-refractivity contribution in [1.29, 1.82) is 0 Å². The zero-order chi connectivity index (χ0) is 10.4. The Hall–Kier alpha value is 0.620. The summed E-state index contributed by atoms with van der Waals surface area (Å²) in [5.74, 6) is 0. The zero-order valence-corrected chi connectivity index (χ0v) is 12.3. The standard InChI is InChI=1S/C10H15Br2NS/c1-2-4-13(5-3-11)7-10-6-9(12)8-14-10/h6,8H,2-5,7H2,1H3. The van der Waals surface area contributed by atoms with Crippen LogP contribution in [0.1, 0.15) is 18.2 Å². The fourth-order valence-electron chi connectivity index (χ4n) is 1.36. The van der Waals surface area contributed by atoms with Gasteiger partial charge in [-0.25, -0.2) is 0 Å². The molecule has 0 fully saturated rings. The Morgan fingerprint density at radius 1 is 1.43 bits per heavy atom. The second-order valence-corrected chi connectivity index (χ2v) is 5.90. The maximum Gasteiger partial charge on any atom is 0.0328 e. The van der Waals surface area contributed by atoms with Gasteiger partial charge in [-0.2, -0.15) is 0 Å². The van der Waals surface area contributed by atoms with Crippen molar-refractivity contribution in [2.75, 3.05) is 18.4 Å². The first kappa shape index (κ1) is 12.7. The lowest BCUT2D eigenvalue weighted by atomic mass is 10.3. The zero-order valence-electron chi connectivity index (χ0n) is 8.30. The maximum atomic E-state index is 3.49. The molecule has 0 saturated carbocycles. The second-order valence-electron chi connectivity index (χ2n) is 3.20. The molecular formula is C10H15Br2NS. The van der Waals surface area contributed by atoms with Crippen molar-refractivity contribution in [3.8, 4) is 0 Å². The lowest BCUT2D eigenvalue weighted by Crippen LogP contribution is -2.25. The second kappa shape index (κ2) is 6.99. The molecular weight excluding hydrogens is 326 g/mol. The lowest BCUT2D eigenvalue weighted by Gasteiger charge is -2.19. The van der Waals surface area contributed by atoms with E-state index < -0.39 is 0 Å². The number of halogens is 2. The number of alkyl halides is 1. The van der Waals surface area contributed by atoms with E-state index in [0.29, 0.717) is 0 Å². The van der Waals surface area contributed by atoms with E-state index in [2.05, 4.69) is 55.1 Å². The fourth-order valence-corrected chi connectivity index (χ4v) is 3.36. The molecule has 1 rings (SSSR count). The summed E-state index contributed by atoms with van der Waals surface area (Å²) in [6.07, 6.45) is 1.22. The highest BCUT2D eigenvalue weighted by Gasteiger charge is 2.05. The Morgan fingerprint density at radius 2 is 2.21 bits per heavy atom. The van der Waals surface area contributed by atoms with Gasteiger partial charge in [0.1, 0.15) is 0 Å². The minimum atomic E-state index is 1.06. The number of nitrogens with zero attached hydrogens (tertiary/aromatic N) is 1. The summed E-state index contributed by atoms with van der Waals surface area (Å²) in [6, 6.07) is 2.21. The monoisotopic (exact) mass is 339 g/mol. The number of thiophene rings is 1. The summed E-state index contributed by atoms with van der Waals surface area (Å²) in [4.78, 5) is 3.92. The molecule has 0 radical (unpaired) electrons. The molecule has 0 N–H and O–H groups in total. The molecule has 14 heavy (non-hydrogen) atoms. The molecule has 0 unspecified atom stereocenters. The normalized spacial score (nSPS) is 11.1. The third kappa shape index (κ3) is 4.43. The quantitative estimate of drug-likeness (QED) is 0.704. The molecule has 0 aromatic carbocycles. The van der Waals surface area contributed by atoms with Crippen molar-refractivity contribution in [3.63, 3.8) is 0 Å². The van der Waals surface area contributed by atoms with E-state index in [4.69, 9.17) is 0 Å². The third-order valence-electron chi connectivity index (χ3n) is 1.94. The van der Waals surface area contributed by atoms with Crippen LogP contribution in [0, 0.1) is 0 Å². The van der Waals surface area contributed by atoms with Gasteiger partial charge in [-0.05, 0) is 35.0 Å². The Balaban J connectivity index is 2.46. The Labute approximate surface area is 107 Å². The number of hydrogen-bond donors (Lipinski definition) is 0. The summed E-state index contributed by atoms with van der Waals surface area (Å²) in [7, 11) is 0. The minimum absolute atomic E-state index is 1.06. The van der Waals surface area contributed by atoms with Gasteiger partial charge in [0.05, 0.1) is 0 Å². The molecule has 0 bridgehead atoms. The summed E-state index contributed by atoms with van der Waals surface area (Å²) in [5.41, 5.74) is 0. The highest BCUT2D eigenvalue weighted by molar-refractivity contribution is 9.10. The van der Waals surface area contributed by atoms with Crippen LogP contribution < -0.4 is 0 Å². The van der Waals surface area contributed by atoms with Crippen molar-refractivity contribution in [2.24, 2.45) is 0 Å². The molecule has 1 heterocycles. The average molecular weight is 341 g/mol. The van der Waals surface area contributed by atoms with E-state index in [1.807, 2.05) is 11.3 Å². The molecule has 0 spiro atoms. The molecule has 80 valence electrons. The van der Waals surface area contributed by atoms with Gasteiger partial charge in [-0.3, -0.25) is 4.90 Å². The summed E-state index contributed by atoms with van der Waals surface area (Å²) in [6.45, 7) is 5.62. The molecule has 0 atom stereocenters. The molecule has 1 aromatic rings. The Kier molecular flexibility index (Phi) is 6.33. The summed E-state index contributed by atoms with van der Waals surface area (Å²) < 4.78 is 1.20. The van der Waals surface area contributed by atoms with Crippen molar-refractivity contribution >= 4 is 43.2 Å². The maximum absolute atomic E-state index is 3.49. The fraction of sp³-hybridized carbons (Fsp3) is 0.600. The molecule has 1 nitrogen and oxygen atoms in total. The van der Waals surface area contributed by atoms with E-state index in [1.54, 1.807) is 0 Å². The summed E-state index contributed by atoms with van der Waals surface area (Å²) >= 11 is 8.80. The van der Waals surface area contributed by atoms with Gasteiger partial charge in [-0.15, -0.1) is 11.3 Å². The SMILES string of the molecule is CCCN(CCBr)Cc1cc(Br)cs1. The highest BCUT2D eigenvalue weighted by Crippen LogP contribution is 2.21. The van der Waals surface area contributed by atoms with Crippen LogP contribution >= 0.6 is 43.2 Å². The molecule has 4 heteroatoms. The van der Waals surface area contributed by atoms with E-state index >= 15 is 0 Å². The topological polar surface area (TPSA) is 3.24 Å². The van der Waals surface area contributed by atoms with Crippen LogP contribution in [0.5, 0.6) is 0 Å². The van der Waals surface area contributed by atoms with Gasteiger partial charge in [0.25, 0.3) is 0 Å². The molecule has 0 amide bonds. The molecule has 1 aromatic heterocycles. The van der Waals surface area contributed by atoms with Crippen LogP contribution in [0.25, 0.3) is 0 Å². The number of hydrogen-bond acceptors (Lipinski definition) is 2. The minimum Gasteiger partial charge on any atom is -0.297 e. The van der Waals surface area contributed by atoms with E-state index in [-0.39, 0.29) is 0 Å². The van der Waals surface area contributed by atoms with Gasteiger partial charge in [0.15, 0.2) is 0 Å². The van der Waals surface area contributed by atoms with Crippen LogP contribution in [-0.2, 0) is 6.54 Å². The molecule has 0 aliphatic heterocycles. The summed E-state index contributed by atoms with van der Waals surface area (Å²) in [5, 5.41) is 3.20. The van der Waals surface area contributed by atoms with E-state index in [9.17, 15) is 0 Å². The Morgan fingerprint density at radius 3 is 2.71 bits per heavy atom. The van der Waals surface area contributed by atoms with Gasteiger partial charge >= 0.3 is 0 Å². The third-order valence-corrected chi connectivity index (χ3v) is 3.98. The molecule has 0 aliphatic carbocycles. The van der Waals surface area contributed by atoms with E-state index in [0.717, 1.165) is 18.4 Å². The largest absolute Gasteiger partial charge is 0.297 e. The van der Waals surface area contributed by atoms with E-state index in [1.165, 1.54) is 22.3 Å². The van der Waals surface area contributed by atoms with Crippen molar-refractivity contribution in [1.82, 2.24) is 4.90 Å². The van der Waals surface area contributed by atoms with Crippen molar-refractivity contribution < 1.29 is 0 Å². The van der Waals surface area contributed by atoms with Gasteiger partial charge in [0, 0.05) is 33.1 Å². The van der Waals surface area contributed by atoms with Crippen LogP contribution in [-0.4, -0.2) is 23.3 Å². The average Bonchev–Trinajstić information content (AvgIpc) is 2.52. The highest BCUT2D eigenvalue weighted by atomic mass is 79.9. The van der Waals surface area contributed by atoms with Crippen molar-refractivity contribution in [3.05, 3.63) is 20.8 Å². The predicted octanol–water partition coefficient (Wildman–Crippen LogP) is 4.12. The Bertz CT molecular complexity index is 256. The first-order valence-corrected chi connectivity index (χ1v) is 7.57. The predicted molar refractivity (Wildman–Crippen MR) is 71.4 cm³/mol. The van der Waals surface area contributed by atoms with Crippen LogP contribution in [0.4, 0.5) is 0 Å². The molecule has 0 aliphatic rings. The van der Waals surface area contributed by atoms with Crippen LogP contribution in [0.2, 0.25) is 0 Å². The van der Waals surface area contributed by atoms with Gasteiger partial charge < -0.3 is 0 Å². The van der Waals surface area contributed by atoms with Crippen LogP contribution in [0.15, 0.2) is 15.9 Å². The van der Waals surface area contributed by atoms with Gasteiger partial charge in [-0.1, -0.05) is 22.9 Å². The lowest BCUT2D eigenvalue weighted by molar-refractivity contribution is 0.286. The molecule has 0 saturated heterocycles. The smallest absolute Gasteiger partial charge is 0.0328 e. The first-order valence-electron chi connectivity index (χ1n) is 4.77. The van der Waals surface area contributed by atoms with Crippen LogP contribution in [0.3, 0.4) is 0 Å². The van der Waals surface area contributed by atoms with Gasteiger partial charge in [0.2, 0.25) is 0 Å². The first-order chi connectivity index (χ1) is 6.76.